The van der Waals surface area contributed by atoms with Crippen LogP contribution < -0.4 is 5.32 Å². The fraction of sp³-hybridized carbons (Fsp3) is 0.778. The van der Waals surface area contributed by atoms with E-state index in [1.807, 2.05) is 18.7 Å². The molecule has 14 heavy (non-hydrogen) atoms. The summed E-state index contributed by atoms with van der Waals surface area (Å²) >= 11 is 1.85. The first-order valence-electron chi connectivity index (χ1n) is 4.78. The highest BCUT2D eigenvalue weighted by Gasteiger charge is 2.08. The second-order valence-electron chi connectivity index (χ2n) is 3.24. The van der Waals surface area contributed by atoms with E-state index in [-0.39, 0.29) is 0 Å². The van der Waals surface area contributed by atoms with Crippen LogP contribution in [-0.2, 0) is 6.54 Å². The minimum Gasteiger partial charge on any atom is -0.307 e. The van der Waals surface area contributed by atoms with Gasteiger partial charge in [0.05, 0.1) is 0 Å². The first kappa shape index (κ1) is 11.5. The summed E-state index contributed by atoms with van der Waals surface area (Å²) in [5.74, 6) is 1.13. The quantitative estimate of drug-likeness (QED) is 0.781. The Kier molecular flexibility index (Phi) is 4.97. The van der Waals surface area contributed by atoms with Gasteiger partial charge in [0.2, 0.25) is 0 Å². The Morgan fingerprint density at radius 2 is 2.29 bits per heavy atom. The van der Waals surface area contributed by atoms with Crippen molar-refractivity contribution in [1.82, 2.24) is 15.6 Å². The van der Waals surface area contributed by atoms with Gasteiger partial charge in [-0.25, -0.2) is 4.63 Å². The van der Waals surface area contributed by atoms with Crippen LogP contribution in [0.25, 0.3) is 0 Å². The lowest BCUT2D eigenvalue weighted by Crippen LogP contribution is -2.30. The largest absolute Gasteiger partial charge is 0.307 e. The summed E-state index contributed by atoms with van der Waals surface area (Å²) in [6.07, 6.45) is 3.25. The Morgan fingerprint density at radius 1 is 1.50 bits per heavy atom. The van der Waals surface area contributed by atoms with Gasteiger partial charge in [0, 0.05) is 18.3 Å². The Hall–Kier alpha value is -0.550. The summed E-state index contributed by atoms with van der Waals surface area (Å²) in [5, 5.41) is 11.0. The molecule has 0 radical (unpaired) electrons. The fourth-order valence-electron chi connectivity index (χ4n) is 1.17. The number of nitrogens with one attached hydrogen (secondary N) is 1. The van der Waals surface area contributed by atoms with Gasteiger partial charge in [-0.3, -0.25) is 0 Å². The number of hydrogen-bond donors (Lipinski definition) is 1. The Balaban J connectivity index is 2.35. The SMILES string of the molecule is CCC(CSC)NCc1nonc1C. The third kappa shape index (κ3) is 3.31. The molecule has 0 fully saturated rings. The Labute approximate surface area is 88.8 Å². The zero-order chi connectivity index (χ0) is 10.4. The monoisotopic (exact) mass is 215 g/mol. The zero-order valence-corrected chi connectivity index (χ0v) is 9.73. The second-order valence-corrected chi connectivity index (χ2v) is 4.15. The van der Waals surface area contributed by atoms with E-state index in [9.17, 15) is 0 Å². The third-order valence-corrected chi connectivity index (χ3v) is 2.90. The molecule has 0 saturated carbocycles. The molecule has 0 aliphatic heterocycles. The average Bonchev–Trinajstić information content (AvgIpc) is 2.59. The van der Waals surface area contributed by atoms with Gasteiger partial charge in [0.1, 0.15) is 11.4 Å². The summed E-state index contributed by atoms with van der Waals surface area (Å²) in [7, 11) is 0. The van der Waals surface area contributed by atoms with Crippen molar-refractivity contribution in [3.8, 4) is 0 Å². The highest BCUT2D eigenvalue weighted by Crippen LogP contribution is 2.04. The molecule has 0 aliphatic carbocycles. The van der Waals surface area contributed by atoms with E-state index < -0.39 is 0 Å². The summed E-state index contributed by atoms with van der Waals surface area (Å²) in [6.45, 7) is 4.83. The second kappa shape index (κ2) is 6.03. The highest BCUT2D eigenvalue weighted by atomic mass is 32.2. The van der Waals surface area contributed by atoms with Crippen molar-refractivity contribution in [1.29, 1.82) is 0 Å². The predicted octanol–water partition coefficient (Wildman–Crippen LogP) is 1.61. The van der Waals surface area contributed by atoms with Gasteiger partial charge >= 0.3 is 0 Å². The molecule has 1 aromatic rings. The molecule has 80 valence electrons. The maximum Gasteiger partial charge on any atom is 0.121 e. The van der Waals surface area contributed by atoms with Gasteiger partial charge in [0.15, 0.2) is 0 Å². The van der Waals surface area contributed by atoms with Crippen molar-refractivity contribution in [2.75, 3.05) is 12.0 Å². The maximum absolute atomic E-state index is 4.63. The molecule has 5 heteroatoms. The molecule has 1 heterocycles. The normalized spacial score (nSPS) is 13.1. The summed E-state index contributed by atoms with van der Waals surface area (Å²) in [5.41, 5.74) is 1.78. The van der Waals surface area contributed by atoms with Crippen LogP contribution in [0, 0.1) is 6.92 Å². The van der Waals surface area contributed by atoms with Crippen molar-refractivity contribution < 1.29 is 4.63 Å². The molecule has 0 amide bonds. The van der Waals surface area contributed by atoms with Gasteiger partial charge in [-0.15, -0.1) is 0 Å². The van der Waals surface area contributed by atoms with Gasteiger partial charge in [-0.2, -0.15) is 11.8 Å². The smallest absolute Gasteiger partial charge is 0.121 e. The topological polar surface area (TPSA) is 51.0 Å². The van der Waals surface area contributed by atoms with E-state index in [4.69, 9.17) is 0 Å². The number of nitrogens with zero attached hydrogens (tertiary/aromatic N) is 2. The molecule has 0 spiro atoms. The lowest BCUT2D eigenvalue weighted by molar-refractivity contribution is 0.300. The third-order valence-electron chi connectivity index (χ3n) is 2.17. The summed E-state index contributed by atoms with van der Waals surface area (Å²) in [4.78, 5) is 0. The molecule has 0 bridgehead atoms. The van der Waals surface area contributed by atoms with Crippen LogP contribution >= 0.6 is 11.8 Å². The molecular weight excluding hydrogens is 198 g/mol. The van der Waals surface area contributed by atoms with Crippen LogP contribution in [0.1, 0.15) is 24.7 Å². The van der Waals surface area contributed by atoms with Gasteiger partial charge in [-0.1, -0.05) is 17.2 Å². The van der Waals surface area contributed by atoms with Crippen molar-refractivity contribution in [2.24, 2.45) is 0 Å². The highest BCUT2D eigenvalue weighted by molar-refractivity contribution is 7.98. The minimum atomic E-state index is 0.543. The Bertz CT molecular complexity index is 264. The van der Waals surface area contributed by atoms with E-state index in [0.717, 1.165) is 30.1 Å². The van der Waals surface area contributed by atoms with Crippen molar-refractivity contribution in [3.63, 3.8) is 0 Å². The average molecular weight is 215 g/mol. The van der Waals surface area contributed by atoms with Crippen LogP contribution in [0.15, 0.2) is 4.63 Å². The first-order valence-corrected chi connectivity index (χ1v) is 6.17. The molecule has 1 atom stereocenters. The van der Waals surface area contributed by atoms with Crippen LogP contribution in [0.2, 0.25) is 0 Å². The number of thioether (sulfide) groups is 1. The van der Waals surface area contributed by atoms with Gasteiger partial charge in [0.25, 0.3) is 0 Å². The van der Waals surface area contributed by atoms with E-state index >= 15 is 0 Å². The van der Waals surface area contributed by atoms with E-state index in [0.29, 0.717) is 6.04 Å². The number of rotatable bonds is 6. The van der Waals surface area contributed by atoms with Crippen LogP contribution in [-0.4, -0.2) is 28.4 Å². The molecule has 1 N–H and O–H groups in total. The molecular formula is C9H17N3OS. The molecule has 4 nitrogen and oxygen atoms in total. The van der Waals surface area contributed by atoms with E-state index in [1.165, 1.54) is 0 Å². The van der Waals surface area contributed by atoms with Gasteiger partial charge in [-0.05, 0) is 19.6 Å². The number of aryl methyl sites for hydroxylation is 1. The standard InChI is InChI=1S/C9H17N3OS/c1-4-8(6-14-3)10-5-9-7(2)11-13-12-9/h8,10H,4-6H2,1-3H3. The van der Waals surface area contributed by atoms with Crippen LogP contribution in [0.4, 0.5) is 0 Å². The fourth-order valence-corrected chi connectivity index (χ4v) is 1.93. The Morgan fingerprint density at radius 3 is 2.79 bits per heavy atom. The zero-order valence-electron chi connectivity index (χ0n) is 8.91. The van der Waals surface area contributed by atoms with Crippen molar-refractivity contribution in [3.05, 3.63) is 11.4 Å². The lowest BCUT2D eigenvalue weighted by atomic mass is 10.2. The lowest BCUT2D eigenvalue weighted by Gasteiger charge is -2.14. The first-order chi connectivity index (χ1) is 6.77. The van der Waals surface area contributed by atoms with E-state index in [1.54, 1.807) is 0 Å². The maximum atomic E-state index is 4.63. The van der Waals surface area contributed by atoms with Crippen LogP contribution in [0.3, 0.4) is 0 Å². The molecule has 1 unspecified atom stereocenters. The van der Waals surface area contributed by atoms with Gasteiger partial charge < -0.3 is 5.32 Å². The predicted molar refractivity (Wildman–Crippen MR) is 58.3 cm³/mol. The number of aromatic nitrogens is 2. The molecule has 0 saturated heterocycles. The number of hydrogen-bond acceptors (Lipinski definition) is 5. The van der Waals surface area contributed by atoms with Crippen molar-refractivity contribution >= 4 is 11.8 Å². The molecule has 1 rings (SSSR count). The van der Waals surface area contributed by atoms with Crippen molar-refractivity contribution in [2.45, 2.75) is 32.9 Å². The summed E-state index contributed by atoms with van der Waals surface area (Å²) in [6, 6.07) is 0.543. The van der Waals surface area contributed by atoms with E-state index in [2.05, 4.69) is 33.4 Å². The van der Waals surface area contributed by atoms with Crippen LogP contribution in [0.5, 0.6) is 0 Å². The minimum absolute atomic E-state index is 0.543. The molecule has 1 aromatic heterocycles. The molecule has 0 aliphatic rings. The summed E-state index contributed by atoms with van der Waals surface area (Å²) < 4.78 is 4.63. The molecule has 0 aromatic carbocycles.